The maximum atomic E-state index is 2.50. The van der Waals surface area contributed by atoms with Crippen LogP contribution in [0.1, 0.15) is 74.9 Å². The summed E-state index contributed by atoms with van der Waals surface area (Å²) in [6.07, 6.45) is 0. The SMILES string of the molecule is Cc1cccc(-c2cc(-c3cccc(C)c3)cc(N(c3ccc(C(C)(C)C)cc3)c3ccc4ccc5c(N(c6ccc(C(C)(C)C)cc6)c6cc(-c7cccc(C)c7)cc(-c7cccc(C)c7)c6)ccc6ccc3c4c65)c2)c1. The summed E-state index contributed by atoms with van der Waals surface area (Å²) in [6.45, 7) is 22.5. The second-order valence-corrected chi connectivity index (χ2v) is 23.9. The van der Waals surface area contributed by atoms with Gasteiger partial charge in [-0.3, -0.25) is 0 Å². The molecule has 0 saturated heterocycles. The van der Waals surface area contributed by atoms with Gasteiger partial charge in [0.05, 0.1) is 11.4 Å². The molecule has 0 aromatic heterocycles. The van der Waals surface area contributed by atoms with E-state index in [0.717, 1.165) is 34.1 Å². The highest BCUT2D eigenvalue weighted by Crippen LogP contribution is 2.50. The molecule has 0 saturated carbocycles. The van der Waals surface area contributed by atoms with Gasteiger partial charge in [-0.1, -0.05) is 222 Å². The lowest BCUT2D eigenvalue weighted by Gasteiger charge is -2.31. The maximum Gasteiger partial charge on any atom is 0.0540 e. The highest BCUT2D eigenvalue weighted by molar-refractivity contribution is 6.28. The monoisotopic (exact) mass is 1010 g/mol. The van der Waals surface area contributed by atoms with Crippen molar-refractivity contribution < 1.29 is 0 Å². The number of aryl methyl sites for hydroxylation is 4. The van der Waals surface area contributed by atoms with E-state index in [9.17, 15) is 0 Å². The zero-order chi connectivity index (χ0) is 54.0. The fourth-order valence-corrected chi connectivity index (χ4v) is 11.7. The molecule has 0 spiro atoms. The van der Waals surface area contributed by atoms with E-state index in [0.29, 0.717) is 0 Å². The predicted octanol–water partition coefficient (Wildman–Crippen LogP) is 22.0. The van der Waals surface area contributed by atoms with Gasteiger partial charge in [-0.25, -0.2) is 0 Å². The summed E-state index contributed by atoms with van der Waals surface area (Å²) in [5.74, 6) is 0. The van der Waals surface area contributed by atoms with Crippen LogP contribution in [0.25, 0.3) is 76.8 Å². The van der Waals surface area contributed by atoms with Gasteiger partial charge in [0.1, 0.15) is 0 Å². The van der Waals surface area contributed by atoms with Crippen molar-refractivity contribution in [3.05, 3.63) is 264 Å². The van der Waals surface area contributed by atoms with Crippen molar-refractivity contribution in [1.29, 1.82) is 0 Å². The van der Waals surface area contributed by atoms with Gasteiger partial charge >= 0.3 is 0 Å². The first-order chi connectivity index (χ1) is 37.5. The Bertz CT molecular complexity index is 3800. The van der Waals surface area contributed by atoms with Gasteiger partial charge in [-0.05, 0) is 189 Å². The standard InChI is InChI=1S/C76H68N2/c1-49-15-11-19-55(39-49)59-43-60(56-20-12-16-50(2)40-56)46-67(45-59)77(65-31-27-63(28-32-65)75(5,6)7)71-37-25-53-24-36-70-72(38-26-54-23-35-69(71)73(53)74(54)70)78(66-33-29-64(30-34-66)76(8,9)10)68-47-61(57-21-13-17-51(3)41-57)44-62(48-68)58-22-14-18-52(4)42-58/h11-48H,1-10H3. The second kappa shape index (κ2) is 19.7. The molecule has 0 radical (unpaired) electrons. The van der Waals surface area contributed by atoms with Crippen LogP contribution < -0.4 is 9.80 Å². The quantitative estimate of drug-likeness (QED) is 0.126. The molecule has 78 heavy (non-hydrogen) atoms. The predicted molar refractivity (Wildman–Crippen MR) is 338 cm³/mol. The van der Waals surface area contributed by atoms with Crippen molar-refractivity contribution >= 4 is 66.4 Å². The zero-order valence-corrected chi connectivity index (χ0v) is 46.8. The van der Waals surface area contributed by atoms with Gasteiger partial charge in [-0.2, -0.15) is 0 Å². The molecule has 0 aliphatic heterocycles. The topological polar surface area (TPSA) is 6.48 Å². The number of hydrogen-bond acceptors (Lipinski definition) is 2. The number of benzene rings is 12. The van der Waals surface area contributed by atoms with Crippen molar-refractivity contribution in [3.63, 3.8) is 0 Å². The van der Waals surface area contributed by atoms with Crippen molar-refractivity contribution in [2.24, 2.45) is 0 Å². The van der Waals surface area contributed by atoms with Crippen molar-refractivity contribution in [2.45, 2.75) is 80.1 Å². The van der Waals surface area contributed by atoms with Crippen LogP contribution in [0.5, 0.6) is 0 Å². The van der Waals surface area contributed by atoms with E-state index >= 15 is 0 Å². The first-order valence-corrected chi connectivity index (χ1v) is 27.6. The highest BCUT2D eigenvalue weighted by Gasteiger charge is 2.25. The lowest BCUT2D eigenvalue weighted by atomic mass is 9.87. The summed E-state index contributed by atoms with van der Waals surface area (Å²) in [4.78, 5) is 5.01. The summed E-state index contributed by atoms with van der Waals surface area (Å²) in [7, 11) is 0. The van der Waals surface area contributed by atoms with Crippen LogP contribution in [0.2, 0.25) is 0 Å². The van der Waals surface area contributed by atoms with Crippen molar-refractivity contribution in [1.82, 2.24) is 0 Å². The molecule has 0 bridgehead atoms. The average molecular weight is 1010 g/mol. The lowest BCUT2D eigenvalue weighted by molar-refractivity contribution is 0.590. The lowest BCUT2D eigenvalue weighted by Crippen LogP contribution is -2.14. The molecule has 0 N–H and O–H groups in total. The minimum absolute atomic E-state index is 0.00403. The highest BCUT2D eigenvalue weighted by atomic mass is 15.2. The molecule has 0 aliphatic rings. The van der Waals surface area contributed by atoms with E-state index in [1.54, 1.807) is 0 Å². The van der Waals surface area contributed by atoms with Gasteiger partial charge in [0, 0.05) is 33.5 Å². The van der Waals surface area contributed by atoms with Crippen molar-refractivity contribution in [2.75, 3.05) is 9.80 Å². The molecule has 382 valence electrons. The first kappa shape index (κ1) is 50.1. The Morgan fingerprint density at radius 1 is 0.256 bits per heavy atom. The second-order valence-electron chi connectivity index (χ2n) is 23.9. The number of nitrogens with zero attached hydrogens (tertiary/aromatic N) is 2. The van der Waals surface area contributed by atoms with E-state index in [1.165, 1.54) is 110 Å². The Kier molecular flexibility index (Phi) is 12.7. The molecule has 0 unspecified atom stereocenters. The fourth-order valence-electron chi connectivity index (χ4n) is 11.7. The zero-order valence-electron chi connectivity index (χ0n) is 46.8. The molecule has 2 heteroatoms. The van der Waals surface area contributed by atoms with Crippen LogP contribution in [0.4, 0.5) is 34.1 Å². The Labute approximate surface area is 462 Å². The Morgan fingerprint density at radius 3 is 0.833 bits per heavy atom. The fraction of sp³-hybridized carbons (Fsp3) is 0.158. The first-order valence-electron chi connectivity index (χ1n) is 27.6. The molecule has 0 heterocycles. The molecule has 12 rings (SSSR count). The summed E-state index contributed by atoms with van der Waals surface area (Å²) >= 11 is 0. The molecule has 2 nitrogen and oxygen atoms in total. The van der Waals surface area contributed by atoms with Crippen LogP contribution in [0.3, 0.4) is 0 Å². The van der Waals surface area contributed by atoms with E-state index in [4.69, 9.17) is 0 Å². The van der Waals surface area contributed by atoms with E-state index in [2.05, 4.69) is 310 Å². The smallest absolute Gasteiger partial charge is 0.0540 e. The van der Waals surface area contributed by atoms with Crippen LogP contribution in [-0.2, 0) is 10.8 Å². The third kappa shape index (κ3) is 9.62. The summed E-state index contributed by atoms with van der Waals surface area (Å²) in [5.41, 5.74) is 23.8. The maximum absolute atomic E-state index is 2.50. The molecule has 0 fully saturated rings. The number of hydrogen-bond donors (Lipinski definition) is 0. The molecular formula is C76H68N2. The normalized spacial score (nSPS) is 12.0. The molecule has 12 aromatic carbocycles. The summed E-state index contributed by atoms with van der Waals surface area (Å²) < 4.78 is 0. The van der Waals surface area contributed by atoms with Crippen LogP contribution in [-0.4, -0.2) is 0 Å². The average Bonchev–Trinajstić information content (AvgIpc) is 3.48. The van der Waals surface area contributed by atoms with Gasteiger partial charge < -0.3 is 9.80 Å². The van der Waals surface area contributed by atoms with E-state index in [-0.39, 0.29) is 10.8 Å². The molecule has 0 aliphatic carbocycles. The molecule has 0 amide bonds. The summed E-state index contributed by atoms with van der Waals surface area (Å²) in [6, 6.07) is 87.2. The van der Waals surface area contributed by atoms with Crippen molar-refractivity contribution in [3.8, 4) is 44.5 Å². The molecular weight excluding hydrogens is 941 g/mol. The Morgan fingerprint density at radius 2 is 0.551 bits per heavy atom. The summed E-state index contributed by atoms with van der Waals surface area (Å²) in [5, 5.41) is 7.34. The third-order valence-corrected chi connectivity index (χ3v) is 15.8. The minimum atomic E-state index is 0.00403. The van der Waals surface area contributed by atoms with Gasteiger partial charge in [0.25, 0.3) is 0 Å². The molecule has 12 aromatic rings. The van der Waals surface area contributed by atoms with Gasteiger partial charge in [-0.15, -0.1) is 0 Å². The van der Waals surface area contributed by atoms with E-state index < -0.39 is 0 Å². The van der Waals surface area contributed by atoms with Crippen LogP contribution >= 0.6 is 0 Å². The Balaban J connectivity index is 1.12. The van der Waals surface area contributed by atoms with E-state index in [1.807, 2.05) is 0 Å². The molecule has 0 atom stereocenters. The largest absolute Gasteiger partial charge is 0.310 e. The number of anilines is 6. The third-order valence-electron chi connectivity index (χ3n) is 15.8. The van der Waals surface area contributed by atoms with Crippen LogP contribution in [0, 0.1) is 27.7 Å². The van der Waals surface area contributed by atoms with Crippen LogP contribution in [0.15, 0.2) is 231 Å². The van der Waals surface area contributed by atoms with Gasteiger partial charge in [0.2, 0.25) is 0 Å². The van der Waals surface area contributed by atoms with Gasteiger partial charge in [0.15, 0.2) is 0 Å². The Hall–Kier alpha value is -8.72. The minimum Gasteiger partial charge on any atom is -0.310 e. The number of rotatable bonds is 10.